The van der Waals surface area contributed by atoms with Crippen molar-refractivity contribution in [2.45, 2.75) is 37.0 Å². The molecule has 3 heterocycles. The summed E-state index contributed by atoms with van der Waals surface area (Å²) in [7, 11) is 0. The van der Waals surface area contributed by atoms with Crippen LogP contribution in [0, 0.1) is 11.3 Å². The molecule has 24 heavy (non-hydrogen) atoms. The van der Waals surface area contributed by atoms with Gasteiger partial charge in [0.15, 0.2) is 22.9 Å². The Morgan fingerprint density at radius 2 is 2.33 bits per heavy atom. The number of aliphatic hydroxyl groups excluding tert-OH is 2. The first-order chi connectivity index (χ1) is 11.3. The van der Waals surface area contributed by atoms with E-state index in [1.807, 2.05) is 0 Å². The van der Waals surface area contributed by atoms with Gasteiger partial charge < -0.3 is 26.4 Å². The van der Waals surface area contributed by atoms with Crippen LogP contribution in [0.25, 0.3) is 11.2 Å². The smallest absolute Gasteiger partial charge is 0.280 e. The van der Waals surface area contributed by atoms with E-state index in [1.54, 1.807) is 0 Å². The number of fused-ring (bicyclic) bond motifs is 1. The topological polar surface area (TPSA) is 165 Å². The molecule has 10 nitrogen and oxygen atoms in total. The number of H-pyrrole nitrogens is 1. The number of nitrogens with two attached hydrogens (primary N) is 2. The van der Waals surface area contributed by atoms with Gasteiger partial charge in [0.25, 0.3) is 5.56 Å². The van der Waals surface area contributed by atoms with Gasteiger partial charge in [0.05, 0.1) is 12.4 Å². The molecule has 0 spiro atoms. The number of aliphatic hydroxyl groups is 2. The molecule has 1 aliphatic rings. The Morgan fingerprint density at radius 3 is 2.96 bits per heavy atom. The predicted octanol–water partition coefficient (Wildman–Crippen LogP) is -1.76. The van der Waals surface area contributed by atoms with Crippen molar-refractivity contribution >= 4 is 28.7 Å². The summed E-state index contributed by atoms with van der Waals surface area (Å²) in [6.07, 6.45) is -3.22. The minimum absolute atomic E-state index is 0.0176. The minimum Gasteiger partial charge on any atom is -0.391 e. The van der Waals surface area contributed by atoms with Crippen molar-refractivity contribution in [2.75, 3.05) is 5.73 Å². The number of aromatic nitrogens is 4. The molecule has 1 aliphatic heterocycles. The van der Waals surface area contributed by atoms with Gasteiger partial charge in [0.1, 0.15) is 12.2 Å². The Hall–Kier alpha value is -2.16. The van der Waals surface area contributed by atoms with Crippen molar-refractivity contribution in [1.82, 2.24) is 19.5 Å². The van der Waals surface area contributed by atoms with E-state index in [2.05, 4.69) is 26.3 Å². The quantitative estimate of drug-likeness (QED) is 0.395. The number of aromatic amines is 1. The average Bonchev–Trinajstić information content (AvgIpc) is 3.00. The fourth-order valence-corrected chi connectivity index (χ4v) is 2.92. The molecule has 3 rings (SSSR count). The molecule has 1 saturated heterocycles. The van der Waals surface area contributed by atoms with E-state index in [0.717, 1.165) is 0 Å². The molecule has 128 valence electrons. The highest BCUT2D eigenvalue weighted by Crippen LogP contribution is 2.38. The van der Waals surface area contributed by atoms with Gasteiger partial charge in [-0.25, -0.2) is 4.98 Å². The lowest BCUT2D eigenvalue weighted by Gasteiger charge is -2.27. The van der Waals surface area contributed by atoms with Crippen LogP contribution in [0.3, 0.4) is 0 Å². The van der Waals surface area contributed by atoms with Crippen molar-refractivity contribution in [2.24, 2.45) is 5.73 Å². The molecule has 0 bridgehead atoms. The molecule has 2 aromatic rings. The van der Waals surface area contributed by atoms with Crippen LogP contribution in [0.5, 0.6) is 0 Å². The van der Waals surface area contributed by atoms with Gasteiger partial charge in [-0.05, 0) is 18.5 Å². The van der Waals surface area contributed by atoms with E-state index in [1.165, 1.54) is 17.8 Å². The highest BCUT2D eigenvalue weighted by molar-refractivity contribution is 6.30. The standard InChI is InChI=1S/C13H15ClN6O4/c1-5(21)7-8(22)13(16,2-3-14)11(24-7)20-4-17-6-9(20)18-12(15)19-10(6)23/h4-5,7-8,11,21-22H,16H2,1H3,(H3,15,18,19,23)/t5-,7-,8?,11-,13?/m1/s1. The first-order valence-corrected chi connectivity index (χ1v) is 7.33. The van der Waals surface area contributed by atoms with Crippen LogP contribution in [0.2, 0.25) is 0 Å². The number of anilines is 1. The van der Waals surface area contributed by atoms with E-state index in [0.29, 0.717) is 0 Å². The van der Waals surface area contributed by atoms with Crippen molar-refractivity contribution in [3.63, 3.8) is 0 Å². The van der Waals surface area contributed by atoms with Crippen molar-refractivity contribution in [1.29, 1.82) is 0 Å². The molecule has 7 N–H and O–H groups in total. The molecular formula is C13H15ClN6O4. The summed E-state index contributed by atoms with van der Waals surface area (Å²) in [6, 6.07) is 0. The van der Waals surface area contributed by atoms with Gasteiger partial charge in [0.2, 0.25) is 5.95 Å². The molecular weight excluding hydrogens is 340 g/mol. The zero-order valence-corrected chi connectivity index (χ0v) is 13.2. The molecule has 0 saturated carbocycles. The van der Waals surface area contributed by atoms with Gasteiger partial charge >= 0.3 is 0 Å². The van der Waals surface area contributed by atoms with Gasteiger partial charge in [-0.1, -0.05) is 5.92 Å². The normalized spacial score (nSPS) is 31.0. The second-order valence-corrected chi connectivity index (χ2v) is 5.76. The molecule has 11 heteroatoms. The summed E-state index contributed by atoms with van der Waals surface area (Å²) in [5.41, 5.74) is 9.70. The van der Waals surface area contributed by atoms with Crippen molar-refractivity contribution < 1.29 is 14.9 Å². The first kappa shape index (κ1) is 16.7. The number of rotatable bonds is 2. The molecule has 1 fully saturated rings. The Balaban J connectivity index is 2.20. The summed E-state index contributed by atoms with van der Waals surface area (Å²) in [4.78, 5) is 22.2. The van der Waals surface area contributed by atoms with Gasteiger partial charge in [-0.3, -0.25) is 14.3 Å². The third-order valence-corrected chi connectivity index (χ3v) is 4.03. The van der Waals surface area contributed by atoms with Crippen LogP contribution in [0.4, 0.5) is 5.95 Å². The number of halogens is 1. The summed E-state index contributed by atoms with van der Waals surface area (Å²) in [5.74, 6) is 2.38. The Labute approximate surface area is 140 Å². The maximum Gasteiger partial charge on any atom is 0.280 e. The third-order valence-electron chi connectivity index (χ3n) is 3.94. The lowest BCUT2D eigenvalue weighted by atomic mass is 9.90. The third kappa shape index (κ3) is 2.34. The summed E-state index contributed by atoms with van der Waals surface area (Å²) in [6.45, 7) is 1.44. The van der Waals surface area contributed by atoms with Crippen LogP contribution >= 0.6 is 11.6 Å². The summed E-state index contributed by atoms with van der Waals surface area (Å²) >= 11 is 5.47. The predicted molar refractivity (Wildman–Crippen MR) is 84.7 cm³/mol. The van der Waals surface area contributed by atoms with Crippen LogP contribution in [-0.4, -0.2) is 53.6 Å². The first-order valence-electron chi connectivity index (χ1n) is 6.95. The minimum atomic E-state index is -1.66. The maximum atomic E-state index is 11.9. The van der Waals surface area contributed by atoms with Crippen LogP contribution in [0.15, 0.2) is 11.1 Å². The molecule has 2 unspecified atom stereocenters. The number of imidazole rings is 1. The zero-order chi connectivity index (χ0) is 17.6. The number of nitrogens with one attached hydrogen (secondary N) is 1. The van der Waals surface area contributed by atoms with Gasteiger partial charge in [-0.15, -0.1) is 0 Å². The molecule has 0 amide bonds. The molecule has 0 aromatic carbocycles. The van der Waals surface area contributed by atoms with E-state index in [4.69, 9.17) is 27.8 Å². The van der Waals surface area contributed by atoms with Crippen molar-refractivity contribution in [3.8, 4) is 11.3 Å². The molecule has 5 atom stereocenters. The number of hydrogen-bond acceptors (Lipinski definition) is 8. The van der Waals surface area contributed by atoms with Crippen LogP contribution in [0.1, 0.15) is 13.2 Å². The Kier molecular flexibility index (Phi) is 3.98. The monoisotopic (exact) mass is 354 g/mol. The number of nitrogens with zero attached hydrogens (tertiary/aromatic N) is 3. The Morgan fingerprint density at radius 1 is 1.62 bits per heavy atom. The summed E-state index contributed by atoms with van der Waals surface area (Å²) in [5, 5.41) is 22.4. The fraction of sp³-hybridized carbons (Fsp3) is 0.462. The van der Waals surface area contributed by atoms with E-state index < -0.39 is 35.6 Å². The van der Waals surface area contributed by atoms with Gasteiger partial charge in [0, 0.05) is 5.38 Å². The van der Waals surface area contributed by atoms with E-state index in [-0.39, 0.29) is 17.1 Å². The summed E-state index contributed by atoms with van der Waals surface area (Å²) < 4.78 is 7.01. The average molecular weight is 355 g/mol. The molecule has 2 aromatic heterocycles. The van der Waals surface area contributed by atoms with E-state index in [9.17, 15) is 15.0 Å². The lowest BCUT2D eigenvalue weighted by molar-refractivity contribution is -0.0756. The van der Waals surface area contributed by atoms with Gasteiger partial charge in [-0.2, -0.15) is 4.98 Å². The second kappa shape index (κ2) is 5.73. The lowest BCUT2D eigenvalue weighted by Crippen LogP contribution is -2.54. The van der Waals surface area contributed by atoms with Crippen LogP contribution in [-0.2, 0) is 4.74 Å². The van der Waals surface area contributed by atoms with E-state index >= 15 is 0 Å². The second-order valence-electron chi connectivity index (χ2n) is 5.57. The highest BCUT2D eigenvalue weighted by Gasteiger charge is 2.56. The number of hydrogen-bond donors (Lipinski definition) is 5. The largest absolute Gasteiger partial charge is 0.391 e. The molecule has 0 radical (unpaired) electrons. The van der Waals surface area contributed by atoms with Crippen molar-refractivity contribution in [3.05, 3.63) is 16.7 Å². The fourth-order valence-electron chi connectivity index (χ4n) is 2.76. The maximum absolute atomic E-state index is 11.9. The molecule has 0 aliphatic carbocycles. The Bertz CT molecular complexity index is 899. The van der Waals surface area contributed by atoms with Crippen LogP contribution < -0.4 is 17.0 Å². The number of ether oxygens (including phenoxy) is 1. The highest BCUT2D eigenvalue weighted by atomic mass is 35.5. The number of nitrogen functional groups attached to an aromatic ring is 1. The zero-order valence-electron chi connectivity index (χ0n) is 12.5. The SMILES string of the molecule is C[C@@H](O)[C@H]1O[C@@H](n2cnc3c(=O)[nH]c(N)nc32)C(N)(C#CCl)C1O.